The van der Waals surface area contributed by atoms with Crippen LogP contribution in [-0.2, 0) is 19.1 Å². The molecule has 3 fully saturated rings. The van der Waals surface area contributed by atoms with Gasteiger partial charge in [-0.3, -0.25) is 14.4 Å². The Morgan fingerprint density at radius 1 is 1.16 bits per heavy atom. The highest BCUT2D eigenvalue weighted by atomic mass is 35.5. The van der Waals surface area contributed by atoms with E-state index in [1.807, 2.05) is 0 Å². The molecule has 4 nitrogen and oxygen atoms in total. The summed E-state index contributed by atoms with van der Waals surface area (Å²) in [7, 11) is 1.50. The predicted molar refractivity (Wildman–Crippen MR) is 123 cm³/mol. The molecule has 6 aliphatic carbocycles. The molecule has 0 saturated heterocycles. The second kappa shape index (κ2) is 7.04. The molecular formula is C27H35ClO4. The largest absolute Gasteiger partial charge is 0.469 e. The first-order valence-corrected chi connectivity index (χ1v) is 12.7. The molecule has 32 heavy (non-hydrogen) atoms. The van der Waals surface area contributed by atoms with Crippen LogP contribution < -0.4 is 0 Å². The number of allylic oxidation sites excluding steroid dienone is 4. The van der Waals surface area contributed by atoms with Gasteiger partial charge in [-0.1, -0.05) is 50.4 Å². The number of ether oxygens (including phenoxy) is 1. The van der Waals surface area contributed by atoms with Crippen molar-refractivity contribution >= 4 is 29.1 Å². The molecule has 0 amide bonds. The maximum atomic E-state index is 13.5. The number of fused-ring (bicyclic) bond motifs is 1. The maximum Gasteiger partial charge on any atom is 0.311 e. The molecule has 6 aliphatic rings. The molecule has 0 N–H and O–H groups in total. The number of methoxy groups -OCH3 is 1. The van der Waals surface area contributed by atoms with Gasteiger partial charge in [0.15, 0.2) is 11.6 Å². The van der Waals surface area contributed by atoms with Gasteiger partial charge in [0.2, 0.25) is 0 Å². The molecule has 0 radical (unpaired) electrons. The van der Waals surface area contributed by atoms with E-state index in [0.717, 1.165) is 38.5 Å². The zero-order valence-corrected chi connectivity index (χ0v) is 20.6. The first-order chi connectivity index (χ1) is 15.0. The molecule has 6 rings (SSSR count). The zero-order chi connectivity index (χ0) is 23.2. The summed E-state index contributed by atoms with van der Waals surface area (Å²) >= 11 is 6.33. The normalized spacial score (nSPS) is 47.3. The van der Waals surface area contributed by atoms with E-state index in [9.17, 15) is 14.4 Å². The molecule has 0 aromatic carbocycles. The number of esters is 1. The second-order valence-electron chi connectivity index (χ2n) is 11.9. The topological polar surface area (TPSA) is 60.4 Å². The third-order valence-corrected chi connectivity index (χ3v) is 10.7. The third kappa shape index (κ3) is 2.59. The molecule has 3 saturated carbocycles. The van der Waals surface area contributed by atoms with Crippen LogP contribution >= 0.6 is 11.6 Å². The summed E-state index contributed by atoms with van der Waals surface area (Å²) < 4.78 is 5.29. The summed E-state index contributed by atoms with van der Waals surface area (Å²) in [6.07, 6.45) is 9.33. The van der Waals surface area contributed by atoms with E-state index in [0.29, 0.717) is 5.92 Å². The van der Waals surface area contributed by atoms with Gasteiger partial charge in [-0.05, 0) is 68.1 Å². The van der Waals surface area contributed by atoms with E-state index in [1.54, 1.807) is 0 Å². The standard InChI is InChI=1S/C27H35ClO4/c1-14(2)16-13-27-10-7-19-25(3,8-6-9-26(19,4)24(31)32-5)20(27)11-15(16)21-18(29)12-17(28)23(30)22(21)27/h12-15,19-22H,6-11H2,1-5H3/t15-,19+,20+,21-,22+,25-,26+,27-/m0/s1. The average Bonchev–Trinajstić information content (AvgIpc) is 2.75. The summed E-state index contributed by atoms with van der Waals surface area (Å²) in [6, 6.07) is 0. The second-order valence-corrected chi connectivity index (χ2v) is 12.3. The van der Waals surface area contributed by atoms with Gasteiger partial charge in [-0.2, -0.15) is 0 Å². The summed E-state index contributed by atoms with van der Waals surface area (Å²) in [5.74, 6) is 0.180. The van der Waals surface area contributed by atoms with Crippen molar-refractivity contribution in [2.24, 2.45) is 51.8 Å². The first-order valence-electron chi connectivity index (χ1n) is 12.3. The van der Waals surface area contributed by atoms with Crippen molar-refractivity contribution in [3.8, 4) is 0 Å². The van der Waals surface area contributed by atoms with Crippen LogP contribution in [0.4, 0.5) is 0 Å². The highest BCUT2D eigenvalue weighted by molar-refractivity contribution is 6.45. The molecular weight excluding hydrogens is 424 g/mol. The Morgan fingerprint density at radius 2 is 1.88 bits per heavy atom. The number of Topliss-reactive ketones (excluding diaryl/α,β-unsaturated/α-hetero) is 1. The van der Waals surface area contributed by atoms with E-state index in [1.165, 1.54) is 18.8 Å². The fourth-order valence-corrected chi connectivity index (χ4v) is 9.52. The minimum absolute atomic E-state index is 0.0315. The number of hydrogen-bond donors (Lipinski definition) is 0. The lowest BCUT2D eigenvalue weighted by molar-refractivity contribution is -0.199. The Hall–Kier alpha value is -1.42. The smallest absolute Gasteiger partial charge is 0.311 e. The number of carbonyl (C=O) groups excluding carboxylic acids is 3. The molecule has 0 aromatic heterocycles. The number of carbonyl (C=O) groups is 3. The molecule has 2 bridgehead atoms. The van der Waals surface area contributed by atoms with Crippen LogP contribution in [0.5, 0.6) is 0 Å². The van der Waals surface area contributed by atoms with Gasteiger partial charge in [0, 0.05) is 23.3 Å². The van der Waals surface area contributed by atoms with Crippen molar-refractivity contribution < 1.29 is 19.1 Å². The summed E-state index contributed by atoms with van der Waals surface area (Å²) in [5, 5.41) is 0.103. The van der Waals surface area contributed by atoms with Crippen molar-refractivity contribution in [3.05, 3.63) is 22.8 Å². The van der Waals surface area contributed by atoms with Crippen LogP contribution in [0, 0.1) is 51.8 Å². The lowest BCUT2D eigenvalue weighted by atomic mass is 9.33. The van der Waals surface area contributed by atoms with E-state index in [4.69, 9.17) is 16.3 Å². The van der Waals surface area contributed by atoms with Crippen LogP contribution in [0.25, 0.3) is 0 Å². The van der Waals surface area contributed by atoms with E-state index < -0.39 is 5.41 Å². The SMILES string of the molecule is COC(=O)[C@]1(C)CCC[C@]2(C)[C@H]3C[C@H]4C(C(C)C)=C[C@]3(CC[C@H]21)[C@H]1C(=O)C(Cl)=CC(=O)[C@H]41. The number of hydrogen-bond acceptors (Lipinski definition) is 4. The van der Waals surface area contributed by atoms with Gasteiger partial charge in [0.25, 0.3) is 0 Å². The van der Waals surface area contributed by atoms with Gasteiger partial charge in [0.1, 0.15) is 0 Å². The average molecular weight is 459 g/mol. The Labute approximate surface area is 196 Å². The number of halogens is 1. The summed E-state index contributed by atoms with van der Waals surface area (Å²) in [5.41, 5.74) is 0.440. The van der Waals surface area contributed by atoms with E-state index >= 15 is 0 Å². The monoisotopic (exact) mass is 458 g/mol. The molecule has 0 heterocycles. The van der Waals surface area contributed by atoms with Gasteiger partial charge < -0.3 is 4.74 Å². The van der Waals surface area contributed by atoms with E-state index in [2.05, 4.69) is 33.8 Å². The Balaban J connectivity index is 1.67. The van der Waals surface area contributed by atoms with Gasteiger partial charge >= 0.3 is 5.97 Å². The van der Waals surface area contributed by atoms with Crippen LogP contribution in [0.3, 0.4) is 0 Å². The van der Waals surface area contributed by atoms with Crippen molar-refractivity contribution in [2.75, 3.05) is 7.11 Å². The van der Waals surface area contributed by atoms with Gasteiger partial charge in [-0.25, -0.2) is 0 Å². The van der Waals surface area contributed by atoms with Crippen molar-refractivity contribution in [1.29, 1.82) is 0 Å². The number of rotatable bonds is 2. The van der Waals surface area contributed by atoms with Crippen LogP contribution in [0.15, 0.2) is 22.8 Å². The van der Waals surface area contributed by atoms with Crippen molar-refractivity contribution in [3.63, 3.8) is 0 Å². The van der Waals surface area contributed by atoms with Crippen molar-refractivity contribution in [1.82, 2.24) is 0 Å². The molecule has 8 atom stereocenters. The Morgan fingerprint density at radius 3 is 2.53 bits per heavy atom. The molecule has 0 unspecified atom stereocenters. The molecule has 1 spiro atoms. The zero-order valence-electron chi connectivity index (χ0n) is 19.9. The summed E-state index contributed by atoms with van der Waals surface area (Å²) in [4.78, 5) is 39.7. The molecule has 174 valence electrons. The highest BCUT2D eigenvalue weighted by Crippen LogP contribution is 2.74. The fourth-order valence-electron chi connectivity index (χ4n) is 9.29. The molecule has 0 aliphatic heterocycles. The minimum Gasteiger partial charge on any atom is -0.469 e. The third-order valence-electron chi connectivity index (χ3n) is 10.4. The Bertz CT molecular complexity index is 963. The maximum absolute atomic E-state index is 13.5. The summed E-state index contributed by atoms with van der Waals surface area (Å²) in [6.45, 7) is 8.85. The van der Waals surface area contributed by atoms with Crippen molar-refractivity contribution in [2.45, 2.75) is 66.2 Å². The lowest BCUT2D eigenvalue weighted by Gasteiger charge is -2.69. The number of ketones is 2. The highest BCUT2D eigenvalue weighted by Gasteiger charge is 2.71. The van der Waals surface area contributed by atoms with Crippen LogP contribution in [0.1, 0.15) is 66.2 Å². The quantitative estimate of drug-likeness (QED) is 0.405. The first kappa shape index (κ1) is 22.4. The van der Waals surface area contributed by atoms with Gasteiger partial charge in [-0.15, -0.1) is 0 Å². The van der Waals surface area contributed by atoms with Gasteiger partial charge in [0.05, 0.1) is 17.6 Å². The predicted octanol–water partition coefficient (Wildman–Crippen LogP) is 5.49. The van der Waals surface area contributed by atoms with Crippen LogP contribution in [-0.4, -0.2) is 24.6 Å². The molecule has 0 aromatic rings. The molecule has 5 heteroatoms. The minimum atomic E-state index is -0.492. The van der Waals surface area contributed by atoms with Crippen LogP contribution in [0.2, 0.25) is 0 Å². The fraction of sp³-hybridized carbons (Fsp3) is 0.741. The Kier molecular flexibility index (Phi) is 4.92. The van der Waals surface area contributed by atoms with E-state index in [-0.39, 0.29) is 63.0 Å². The lowest BCUT2D eigenvalue weighted by Crippen LogP contribution is -2.67.